The van der Waals surface area contributed by atoms with Crippen molar-refractivity contribution in [2.24, 2.45) is 0 Å². The van der Waals surface area contributed by atoms with Gasteiger partial charge in [0.15, 0.2) is 0 Å². The Hall–Kier alpha value is -1.36. The number of alkyl halides is 1. The molecule has 0 saturated heterocycles. The molecule has 0 aliphatic rings. The molecule has 2 rings (SSSR count). The fourth-order valence-electron chi connectivity index (χ4n) is 1.47. The molecule has 4 nitrogen and oxygen atoms in total. The summed E-state index contributed by atoms with van der Waals surface area (Å²) >= 11 is 3.32. The Morgan fingerprint density at radius 2 is 2.44 bits per heavy atom. The zero-order chi connectivity index (χ0) is 11.5. The monoisotopic (exact) mass is 281 g/mol. The van der Waals surface area contributed by atoms with Gasteiger partial charge in [0.25, 0.3) is 0 Å². The molecule has 0 fully saturated rings. The van der Waals surface area contributed by atoms with Crippen LogP contribution >= 0.6 is 15.9 Å². The van der Waals surface area contributed by atoms with Crippen LogP contribution in [0.1, 0.15) is 13.3 Å². The van der Waals surface area contributed by atoms with Gasteiger partial charge in [0.05, 0.1) is 22.2 Å². The average molecular weight is 282 g/mol. The molecule has 84 valence electrons. The first-order valence-electron chi connectivity index (χ1n) is 5.09. The Kier molecular flexibility index (Phi) is 3.24. The van der Waals surface area contributed by atoms with Crippen LogP contribution in [0.4, 0.5) is 5.69 Å². The van der Waals surface area contributed by atoms with Crippen LogP contribution in [0.2, 0.25) is 0 Å². The van der Waals surface area contributed by atoms with Crippen molar-refractivity contribution < 1.29 is 4.79 Å². The van der Waals surface area contributed by atoms with Gasteiger partial charge >= 0.3 is 0 Å². The Labute approximate surface area is 102 Å². The molecule has 0 aliphatic heterocycles. The van der Waals surface area contributed by atoms with E-state index in [2.05, 4.69) is 31.4 Å². The maximum absolute atomic E-state index is 11.7. The number of benzene rings is 1. The molecule has 1 amide bonds. The third kappa shape index (κ3) is 2.09. The number of carbonyl (C=O) groups is 1. The standard InChI is InChI=1S/C11H12BrN3O/c1-2-8(12)11(16)14-9-4-3-5-10-7(9)6-13-15-10/h3-6,8H,2H2,1H3,(H,13,15)(H,14,16). The van der Waals surface area contributed by atoms with Crippen molar-refractivity contribution in [1.82, 2.24) is 10.2 Å². The molecule has 2 N–H and O–H groups in total. The van der Waals surface area contributed by atoms with Crippen LogP contribution in [0.3, 0.4) is 0 Å². The van der Waals surface area contributed by atoms with Crippen molar-refractivity contribution in [1.29, 1.82) is 0 Å². The number of hydrogen-bond acceptors (Lipinski definition) is 2. The SMILES string of the molecule is CCC(Br)C(=O)Nc1cccc2[nH]ncc12. The molecular formula is C11H12BrN3O. The van der Waals surface area contributed by atoms with E-state index in [0.717, 1.165) is 23.0 Å². The van der Waals surface area contributed by atoms with Crippen LogP contribution in [0, 0.1) is 0 Å². The fraction of sp³-hybridized carbons (Fsp3) is 0.273. The van der Waals surface area contributed by atoms with E-state index in [1.807, 2.05) is 25.1 Å². The first kappa shape index (κ1) is 11.1. The van der Waals surface area contributed by atoms with E-state index in [4.69, 9.17) is 0 Å². The first-order valence-corrected chi connectivity index (χ1v) is 6.01. The van der Waals surface area contributed by atoms with Gasteiger partial charge < -0.3 is 5.32 Å². The summed E-state index contributed by atoms with van der Waals surface area (Å²) in [7, 11) is 0. The maximum Gasteiger partial charge on any atom is 0.238 e. The summed E-state index contributed by atoms with van der Waals surface area (Å²) in [4.78, 5) is 11.6. The smallest absolute Gasteiger partial charge is 0.238 e. The highest BCUT2D eigenvalue weighted by Gasteiger charge is 2.13. The fourth-order valence-corrected chi connectivity index (χ4v) is 1.59. The Balaban J connectivity index is 2.27. The predicted octanol–water partition coefficient (Wildman–Crippen LogP) is 2.67. The van der Waals surface area contributed by atoms with E-state index in [9.17, 15) is 4.79 Å². The van der Waals surface area contributed by atoms with E-state index in [0.29, 0.717) is 0 Å². The molecule has 1 unspecified atom stereocenters. The normalized spacial score (nSPS) is 12.6. The van der Waals surface area contributed by atoms with Crippen LogP contribution in [0.5, 0.6) is 0 Å². The van der Waals surface area contributed by atoms with Crippen LogP contribution in [-0.4, -0.2) is 20.9 Å². The number of amides is 1. The number of H-pyrrole nitrogens is 1. The minimum absolute atomic E-state index is 0.0313. The molecule has 0 aliphatic carbocycles. The molecule has 1 heterocycles. The Morgan fingerprint density at radius 3 is 3.19 bits per heavy atom. The maximum atomic E-state index is 11.7. The van der Waals surface area contributed by atoms with Gasteiger partial charge in [-0.15, -0.1) is 0 Å². The summed E-state index contributed by atoms with van der Waals surface area (Å²) < 4.78 is 0. The number of aromatic nitrogens is 2. The van der Waals surface area contributed by atoms with Crippen LogP contribution in [0.25, 0.3) is 10.9 Å². The largest absolute Gasteiger partial charge is 0.324 e. The summed E-state index contributed by atoms with van der Waals surface area (Å²) in [5, 5.41) is 10.6. The van der Waals surface area contributed by atoms with Crippen molar-refractivity contribution in [2.45, 2.75) is 18.2 Å². The van der Waals surface area contributed by atoms with Crippen LogP contribution in [-0.2, 0) is 4.79 Å². The number of aromatic amines is 1. The van der Waals surface area contributed by atoms with E-state index < -0.39 is 0 Å². The Bertz CT molecular complexity index is 509. The lowest BCUT2D eigenvalue weighted by Crippen LogP contribution is -2.21. The quantitative estimate of drug-likeness (QED) is 0.850. The van der Waals surface area contributed by atoms with E-state index in [-0.39, 0.29) is 10.7 Å². The van der Waals surface area contributed by atoms with Crippen molar-refractivity contribution in [3.05, 3.63) is 24.4 Å². The third-order valence-corrected chi connectivity index (χ3v) is 3.45. The number of anilines is 1. The van der Waals surface area contributed by atoms with Gasteiger partial charge in [0.2, 0.25) is 5.91 Å². The number of rotatable bonds is 3. The predicted molar refractivity (Wildman–Crippen MR) is 67.7 cm³/mol. The molecule has 2 aromatic rings. The average Bonchev–Trinajstić information content (AvgIpc) is 2.77. The lowest BCUT2D eigenvalue weighted by atomic mass is 10.2. The summed E-state index contributed by atoms with van der Waals surface area (Å²) in [6.07, 6.45) is 2.47. The molecule has 0 saturated carbocycles. The first-order chi connectivity index (χ1) is 7.72. The number of nitrogens with one attached hydrogen (secondary N) is 2. The van der Waals surface area contributed by atoms with Crippen molar-refractivity contribution in [3.63, 3.8) is 0 Å². The van der Waals surface area contributed by atoms with E-state index in [1.54, 1.807) is 6.20 Å². The van der Waals surface area contributed by atoms with Crippen molar-refractivity contribution >= 4 is 38.4 Å². The lowest BCUT2D eigenvalue weighted by molar-refractivity contribution is -0.115. The number of carbonyl (C=O) groups excluding carboxylic acids is 1. The lowest BCUT2D eigenvalue weighted by Gasteiger charge is -2.09. The van der Waals surface area contributed by atoms with Gasteiger partial charge in [0, 0.05) is 5.39 Å². The minimum Gasteiger partial charge on any atom is -0.324 e. The van der Waals surface area contributed by atoms with Gasteiger partial charge in [0.1, 0.15) is 0 Å². The molecule has 0 radical (unpaired) electrons. The van der Waals surface area contributed by atoms with Gasteiger partial charge in [-0.25, -0.2) is 0 Å². The topological polar surface area (TPSA) is 57.8 Å². The molecular weight excluding hydrogens is 270 g/mol. The third-order valence-electron chi connectivity index (χ3n) is 2.39. The van der Waals surface area contributed by atoms with Gasteiger partial charge in [-0.3, -0.25) is 9.89 Å². The van der Waals surface area contributed by atoms with Crippen molar-refractivity contribution in [3.8, 4) is 0 Å². The highest BCUT2D eigenvalue weighted by Crippen LogP contribution is 2.21. The van der Waals surface area contributed by atoms with Gasteiger partial charge in [-0.2, -0.15) is 5.10 Å². The van der Waals surface area contributed by atoms with Crippen LogP contribution < -0.4 is 5.32 Å². The van der Waals surface area contributed by atoms with Gasteiger partial charge in [-0.05, 0) is 18.6 Å². The summed E-state index contributed by atoms with van der Waals surface area (Å²) in [5.41, 5.74) is 1.70. The highest BCUT2D eigenvalue weighted by atomic mass is 79.9. The summed E-state index contributed by atoms with van der Waals surface area (Å²) in [6, 6.07) is 5.67. The van der Waals surface area contributed by atoms with E-state index in [1.165, 1.54) is 0 Å². The second kappa shape index (κ2) is 4.65. The molecule has 0 bridgehead atoms. The summed E-state index contributed by atoms with van der Waals surface area (Å²) in [6.45, 7) is 1.96. The molecule has 5 heteroatoms. The number of hydrogen-bond donors (Lipinski definition) is 2. The number of halogens is 1. The minimum atomic E-state index is -0.158. The Morgan fingerprint density at radius 1 is 1.62 bits per heavy atom. The molecule has 1 aromatic carbocycles. The molecule has 0 spiro atoms. The van der Waals surface area contributed by atoms with Crippen LogP contribution in [0.15, 0.2) is 24.4 Å². The zero-order valence-corrected chi connectivity index (χ0v) is 10.4. The second-order valence-corrected chi connectivity index (χ2v) is 4.61. The molecule has 16 heavy (non-hydrogen) atoms. The second-order valence-electron chi connectivity index (χ2n) is 3.50. The van der Waals surface area contributed by atoms with Gasteiger partial charge in [-0.1, -0.05) is 28.9 Å². The highest BCUT2D eigenvalue weighted by molar-refractivity contribution is 9.10. The summed E-state index contributed by atoms with van der Waals surface area (Å²) in [5.74, 6) is -0.0313. The number of nitrogens with zero attached hydrogens (tertiary/aromatic N) is 1. The zero-order valence-electron chi connectivity index (χ0n) is 8.83. The molecule has 1 aromatic heterocycles. The van der Waals surface area contributed by atoms with Crippen molar-refractivity contribution in [2.75, 3.05) is 5.32 Å². The molecule has 1 atom stereocenters. The number of fused-ring (bicyclic) bond motifs is 1. The van der Waals surface area contributed by atoms with E-state index >= 15 is 0 Å².